The fraction of sp³-hybridized carbons (Fsp3) is 0.429. The minimum absolute atomic E-state index is 0.0526. The van der Waals surface area contributed by atoms with Crippen LogP contribution in [0.4, 0.5) is 0 Å². The highest BCUT2D eigenvalue weighted by Gasteiger charge is 2.07. The summed E-state index contributed by atoms with van der Waals surface area (Å²) in [7, 11) is 1.59. The van der Waals surface area contributed by atoms with Crippen LogP contribution in [-0.4, -0.2) is 38.9 Å². The molecule has 14 heavy (non-hydrogen) atoms. The monoisotopic (exact) mass is 213 g/mol. The molecule has 1 N–H and O–H groups in total. The third-order valence-corrected chi connectivity index (χ3v) is 2.37. The second-order valence-electron chi connectivity index (χ2n) is 2.39. The number of carbonyl (C=O) groups excluding carboxylic acids is 1. The van der Waals surface area contributed by atoms with Crippen molar-refractivity contribution in [3.8, 4) is 0 Å². The first-order valence-electron chi connectivity index (χ1n) is 3.98. The van der Waals surface area contributed by atoms with Crippen molar-refractivity contribution >= 4 is 17.7 Å². The molecule has 76 valence electrons. The minimum atomic E-state index is -0.0526. The lowest BCUT2D eigenvalue weighted by molar-refractivity contribution is -0.118. The van der Waals surface area contributed by atoms with Gasteiger partial charge >= 0.3 is 0 Å². The molecule has 0 unspecified atom stereocenters. The molecule has 1 amide bonds. The number of thioether (sulfide) groups is 1. The quantitative estimate of drug-likeness (QED) is 0.537. The maximum Gasteiger partial charge on any atom is 0.230 e. The van der Waals surface area contributed by atoms with Crippen LogP contribution in [-0.2, 0) is 11.3 Å². The fourth-order valence-corrected chi connectivity index (χ4v) is 1.50. The molecule has 1 aromatic rings. The Labute approximate surface area is 85.7 Å². The average Bonchev–Trinajstić information content (AvgIpc) is 2.62. The number of carbonyl (C=O) groups is 1. The summed E-state index contributed by atoms with van der Waals surface area (Å²) in [6.45, 7) is 4.13. The molecule has 0 saturated heterocycles. The highest BCUT2D eigenvalue weighted by atomic mass is 32.2. The first kappa shape index (κ1) is 10.7. The number of nitrogens with zero attached hydrogens (tertiary/aromatic N) is 4. The molecule has 0 aliphatic heterocycles. The van der Waals surface area contributed by atoms with Gasteiger partial charge in [0.15, 0.2) is 0 Å². The Bertz CT molecular complexity index is 324. The van der Waals surface area contributed by atoms with Crippen molar-refractivity contribution in [2.24, 2.45) is 0 Å². The summed E-state index contributed by atoms with van der Waals surface area (Å²) < 4.78 is 1.58. The Morgan fingerprint density at radius 1 is 1.79 bits per heavy atom. The number of allylic oxidation sites excluding steroid dienone is 1. The van der Waals surface area contributed by atoms with Gasteiger partial charge in [-0.25, -0.2) is 4.68 Å². The van der Waals surface area contributed by atoms with Crippen LogP contribution in [0.3, 0.4) is 0 Å². The number of tetrazole rings is 1. The van der Waals surface area contributed by atoms with Gasteiger partial charge in [-0.3, -0.25) is 4.79 Å². The maximum absolute atomic E-state index is 10.9. The third kappa shape index (κ3) is 2.84. The average molecular weight is 213 g/mol. The van der Waals surface area contributed by atoms with E-state index in [1.54, 1.807) is 17.8 Å². The lowest BCUT2D eigenvalue weighted by atomic mass is 10.6. The summed E-state index contributed by atoms with van der Waals surface area (Å²) in [5.41, 5.74) is 0. The minimum Gasteiger partial charge on any atom is -0.358 e. The van der Waals surface area contributed by atoms with Gasteiger partial charge in [0.1, 0.15) is 0 Å². The summed E-state index contributed by atoms with van der Waals surface area (Å²) in [5, 5.41) is 14.2. The van der Waals surface area contributed by atoms with E-state index in [1.165, 1.54) is 11.8 Å². The zero-order chi connectivity index (χ0) is 10.4. The number of hydrogen-bond acceptors (Lipinski definition) is 5. The van der Waals surface area contributed by atoms with E-state index < -0.39 is 0 Å². The molecule has 0 aliphatic rings. The van der Waals surface area contributed by atoms with Crippen LogP contribution in [0.5, 0.6) is 0 Å². The molecule has 1 aromatic heterocycles. The van der Waals surface area contributed by atoms with E-state index in [0.717, 1.165) is 0 Å². The third-order valence-electron chi connectivity index (χ3n) is 1.41. The second-order valence-corrected chi connectivity index (χ2v) is 3.34. The molecule has 0 aliphatic carbocycles. The molecule has 1 rings (SSSR count). The Balaban J connectivity index is 2.53. The predicted octanol–water partition coefficient (Wildman–Crippen LogP) is -0.303. The van der Waals surface area contributed by atoms with Crippen LogP contribution < -0.4 is 5.32 Å². The summed E-state index contributed by atoms with van der Waals surface area (Å²) in [6, 6.07) is 0. The Kier molecular flexibility index (Phi) is 4.11. The number of nitrogens with one attached hydrogen (secondary N) is 1. The topological polar surface area (TPSA) is 72.7 Å². The van der Waals surface area contributed by atoms with Gasteiger partial charge in [0.25, 0.3) is 0 Å². The molecule has 0 aromatic carbocycles. The number of amides is 1. The zero-order valence-corrected chi connectivity index (χ0v) is 8.62. The van der Waals surface area contributed by atoms with E-state index in [2.05, 4.69) is 27.4 Å². The summed E-state index contributed by atoms with van der Waals surface area (Å²) in [4.78, 5) is 10.9. The highest BCUT2D eigenvalue weighted by Crippen LogP contribution is 2.12. The molecule has 0 saturated carbocycles. The van der Waals surface area contributed by atoms with Crippen molar-refractivity contribution in [1.29, 1.82) is 0 Å². The summed E-state index contributed by atoms with van der Waals surface area (Å²) in [6.07, 6.45) is 1.69. The van der Waals surface area contributed by atoms with Crippen molar-refractivity contribution in [2.75, 3.05) is 12.8 Å². The smallest absolute Gasteiger partial charge is 0.230 e. The van der Waals surface area contributed by atoms with Gasteiger partial charge in [-0.05, 0) is 10.4 Å². The molecule has 7 heteroatoms. The van der Waals surface area contributed by atoms with Gasteiger partial charge in [-0.1, -0.05) is 17.8 Å². The van der Waals surface area contributed by atoms with Crippen LogP contribution in [0, 0.1) is 0 Å². The molecule has 6 nitrogen and oxygen atoms in total. The van der Waals surface area contributed by atoms with Crippen LogP contribution in [0.1, 0.15) is 0 Å². The standard InChI is InChI=1S/C7H11N5OS/c1-3-4-12-7(9-10-11-12)14-5-6(13)8-2/h3H,1,4-5H2,2H3,(H,8,13). The maximum atomic E-state index is 10.9. The summed E-state index contributed by atoms with van der Waals surface area (Å²) in [5.74, 6) is 0.261. The predicted molar refractivity (Wildman–Crippen MR) is 52.8 cm³/mol. The normalized spacial score (nSPS) is 9.79. The van der Waals surface area contributed by atoms with E-state index >= 15 is 0 Å². The fourth-order valence-electron chi connectivity index (χ4n) is 0.739. The van der Waals surface area contributed by atoms with E-state index in [0.29, 0.717) is 17.5 Å². The van der Waals surface area contributed by atoms with Crippen molar-refractivity contribution in [3.05, 3.63) is 12.7 Å². The molecule has 0 spiro atoms. The Hall–Kier alpha value is -1.37. The van der Waals surface area contributed by atoms with Crippen LogP contribution in [0.2, 0.25) is 0 Å². The van der Waals surface area contributed by atoms with Crippen LogP contribution in [0.25, 0.3) is 0 Å². The van der Waals surface area contributed by atoms with Gasteiger partial charge in [-0.15, -0.1) is 11.7 Å². The SMILES string of the molecule is C=CCn1nnnc1SCC(=O)NC. The Morgan fingerprint density at radius 3 is 3.21 bits per heavy atom. The van der Waals surface area contributed by atoms with Gasteiger partial charge in [0.2, 0.25) is 11.1 Å². The van der Waals surface area contributed by atoms with Crippen molar-refractivity contribution < 1.29 is 4.79 Å². The van der Waals surface area contributed by atoms with Gasteiger partial charge in [0, 0.05) is 7.05 Å². The van der Waals surface area contributed by atoms with Gasteiger partial charge in [-0.2, -0.15) is 0 Å². The highest BCUT2D eigenvalue weighted by molar-refractivity contribution is 7.99. The van der Waals surface area contributed by atoms with Crippen molar-refractivity contribution in [3.63, 3.8) is 0 Å². The lowest BCUT2D eigenvalue weighted by Crippen LogP contribution is -2.20. The van der Waals surface area contributed by atoms with E-state index in [4.69, 9.17) is 0 Å². The molecule has 0 fully saturated rings. The number of aromatic nitrogens is 4. The molecule has 0 bridgehead atoms. The van der Waals surface area contributed by atoms with Crippen molar-refractivity contribution in [1.82, 2.24) is 25.5 Å². The zero-order valence-electron chi connectivity index (χ0n) is 7.80. The second kappa shape index (κ2) is 5.38. The first-order chi connectivity index (χ1) is 6.77. The number of hydrogen-bond donors (Lipinski definition) is 1. The number of rotatable bonds is 5. The van der Waals surface area contributed by atoms with E-state index in [1.807, 2.05) is 0 Å². The molecule has 1 heterocycles. The molecule has 0 radical (unpaired) electrons. The van der Waals surface area contributed by atoms with Crippen LogP contribution >= 0.6 is 11.8 Å². The Morgan fingerprint density at radius 2 is 2.57 bits per heavy atom. The van der Waals surface area contributed by atoms with Gasteiger partial charge in [0.05, 0.1) is 12.3 Å². The van der Waals surface area contributed by atoms with Gasteiger partial charge < -0.3 is 5.32 Å². The first-order valence-corrected chi connectivity index (χ1v) is 4.97. The van der Waals surface area contributed by atoms with Crippen molar-refractivity contribution in [2.45, 2.75) is 11.7 Å². The molecular weight excluding hydrogens is 202 g/mol. The molecule has 0 atom stereocenters. The van der Waals surface area contributed by atoms with Crippen LogP contribution in [0.15, 0.2) is 17.8 Å². The van der Waals surface area contributed by atoms with E-state index in [-0.39, 0.29) is 5.91 Å². The lowest BCUT2D eigenvalue weighted by Gasteiger charge is -1.99. The van der Waals surface area contributed by atoms with E-state index in [9.17, 15) is 4.79 Å². The largest absolute Gasteiger partial charge is 0.358 e. The summed E-state index contributed by atoms with van der Waals surface area (Å²) >= 11 is 1.29. The molecular formula is C7H11N5OS.